The molecule has 1 fully saturated rings. The van der Waals surface area contributed by atoms with Gasteiger partial charge in [0.15, 0.2) is 0 Å². The van der Waals surface area contributed by atoms with Gasteiger partial charge in [0.25, 0.3) is 0 Å². The maximum atomic E-state index is 10.8. The molecule has 1 aliphatic rings. The molecule has 0 saturated carbocycles. The van der Waals surface area contributed by atoms with E-state index in [1.54, 1.807) is 0 Å². The molecule has 4 heteroatoms. The zero-order valence-electron chi connectivity index (χ0n) is 9.48. The number of carboxylic acids is 1. The summed E-state index contributed by atoms with van der Waals surface area (Å²) in [6.45, 7) is 4.12. The minimum atomic E-state index is -0.897. The highest BCUT2D eigenvalue weighted by Gasteiger charge is 2.33. The van der Waals surface area contributed by atoms with Crippen molar-refractivity contribution in [2.75, 3.05) is 0 Å². The van der Waals surface area contributed by atoms with Crippen molar-refractivity contribution in [3.63, 3.8) is 0 Å². The van der Waals surface area contributed by atoms with Crippen LogP contribution < -0.4 is 5.73 Å². The first-order valence-electron chi connectivity index (χ1n) is 5.72. The highest BCUT2D eigenvalue weighted by atomic mass is 16.5. The summed E-state index contributed by atoms with van der Waals surface area (Å²) in [6, 6.07) is -0.739. The fraction of sp³-hybridized carbons (Fsp3) is 0.909. The molecule has 0 aliphatic carbocycles. The maximum Gasteiger partial charge on any atom is 0.320 e. The summed E-state index contributed by atoms with van der Waals surface area (Å²) < 4.78 is 5.80. The topological polar surface area (TPSA) is 72.6 Å². The van der Waals surface area contributed by atoms with Gasteiger partial charge in [-0.2, -0.15) is 0 Å². The lowest BCUT2D eigenvalue weighted by Gasteiger charge is -2.36. The summed E-state index contributed by atoms with van der Waals surface area (Å²) in [5, 5.41) is 8.89. The second-order valence-corrected chi connectivity index (χ2v) is 4.29. The molecule has 0 amide bonds. The van der Waals surface area contributed by atoms with Crippen LogP contribution in [0.4, 0.5) is 0 Å². The Balaban J connectivity index is 2.60. The molecule has 1 heterocycles. The third kappa shape index (κ3) is 3.18. The van der Waals surface area contributed by atoms with E-state index in [4.69, 9.17) is 15.6 Å². The number of carboxylic acid groups (broad SMARTS) is 1. The van der Waals surface area contributed by atoms with Crippen molar-refractivity contribution < 1.29 is 14.6 Å². The fourth-order valence-electron chi connectivity index (χ4n) is 2.18. The molecule has 15 heavy (non-hydrogen) atoms. The Morgan fingerprint density at radius 3 is 2.20 bits per heavy atom. The Kier molecular flexibility index (Phi) is 4.54. The lowest BCUT2D eigenvalue weighted by atomic mass is 9.84. The summed E-state index contributed by atoms with van der Waals surface area (Å²) in [5.74, 6) is -0.835. The van der Waals surface area contributed by atoms with Crippen molar-refractivity contribution >= 4 is 5.97 Å². The van der Waals surface area contributed by atoms with Gasteiger partial charge in [-0.3, -0.25) is 4.79 Å². The Morgan fingerprint density at radius 2 is 1.87 bits per heavy atom. The molecule has 0 aromatic heterocycles. The van der Waals surface area contributed by atoms with Gasteiger partial charge < -0.3 is 15.6 Å². The number of rotatable bonds is 4. The van der Waals surface area contributed by atoms with Gasteiger partial charge >= 0.3 is 5.97 Å². The van der Waals surface area contributed by atoms with Crippen LogP contribution in [0.25, 0.3) is 0 Å². The molecule has 0 bridgehead atoms. The third-order valence-corrected chi connectivity index (χ3v) is 3.22. The quantitative estimate of drug-likeness (QED) is 0.743. The van der Waals surface area contributed by atoms with Gasteiger partial charge in [0, 0.05) is 0 Å². The van der Waals surface area contributed by atoms with Gasteiger partial charge in [0.1, 0.15) is 6.04 Å². The van der Waals surface area contributed by atoms with E-state index in [0.29, 0.717) is 0 Å². The van der Waals surface area contributed by atoms with Gasteiger partial charge in [-0.25, -0.2) is 0 Å². The Bertz CT molecular complexity index is 208. The van der Waals surface area contributed by atoms with Crippen LogP contribution in [0.3, 0.4) is 0 Å². The summed E-state index contributed by atoms with van der Waals surface area (Å²) in [7, 11) is 0. The largest absolute Gasteiger partial charge is 0.480 e. The molecule has 88 valence electrons. The van der Waals surface area contributed by atoms with Crippen molar-refractivity contribution in [3.05, 3.63) is 0 Å². The predicted octanol–water partition coefficient (Wildman–Crippen LogP) is 1.38. The number of hydrogen-bond donors (Lipinski definition) is 2. The first-order chi connectivity index (χ1) is 7.08. The molecule has 3 N–H and O–H groups in total. The first-order valence-corrected chi connectivity index (χ1v) is 5.72. The van der Waals surface area contributed by atoms with Crippen molar-refractivity contribution in [2.24, 2.45) is 11.7 Å². The second-order valence-electron chi connectivity index (χ2n) is 4.29. The lowest BCUT2D eigenvalue weighted by Crippen LogP contribution is -2.45. The molecule has 1 rings (SSSR count). The molecule has 1 aliphatic heterocycles. The van der Waals surface area contributed by atoms with E-state index >= 15 is 0 Å². The van der Waals surface area contributed by atoms with Crippen molar-refractivity contribution in [2.45, 2.75) is 57.8 Å². The summed E-state index contributed by atoms with van der Waals surface area (Å²) in [5.41, 5.74) is 5.67. The summed E-state index contributed by atoms with van der Waals surface area (Å²) in [4.78, 5) is 10.8. The maximum absolute atomic E-state index is 10.8. The van der Waals surface area contributed by atoms with E-state index in [-0.39, 0.29) is 18.1 Å². The van der Waals surface area contributed by atoms with Crippen LogP contribution in [0, 0.1) is 5.92 Å². The molecule has 1 unspecified atom stereocenters. The molecule has 0 aromatic rings. The van der Waals surface area contributed by atoms with E-state index < -0.39 is 12.0 Å². The minimum Gasteiger partial charge on any atom is -0.480 e. The zero-order chi connectivity index (χ0) is 11.4. The van der Waals surface area contributed by atoms with E-state index in [2.05, 4.69) is 13.8 Å². The number of ether oxygens (including phenoxy) is 1. The van der Waals surface area contributed by atoms with Crippen molar-refractivity contribution in [3.8, 4) is 0 Å². The van der Waals surface area contributed by atoms with Gasteiger partial charge in [-0.15, -0.1) is 0 Å². The van der Waals surface area contributed by atoms with E-state index in [1.165, 1.54) is 0 Å². The van der Waals surface area contributed by atoms with E-state index in [1.807, 2.05) is 0 Å². The average molecular weight is 215 g/mol. The van der Waals surface area contributed by atoms with Gasteiger partial charge in [0.05, 0.1) is 12.2 Å². The number of aliphatic carboxylic acids is 1. The second kappa shape index (κ2) is 5.47. The smallest absolute Gasteiger partial charge is 0.320 e. The van der Waals surface area contributed by atoms with Crippen molar-refractivity contribution in [1.82, 2.24) is 0 Å². The fourth-order valence-corrected chi connectivity index (χ4v) is 2.18. The third-order valence-electron chi connectivity index (χ3n) is 3.22. The molecular weight excluding hydrogens is 194 g/mol. The standard InChI is InChI=1S/C11H21NO3/c1-3-8-5-7(10(12)11(13)14)6-9(4-2)15-8/h7-10H,3-6,12H2,1-2H3,(H,13,14)/t7?,8-,9+,10-/m0/s1. The molecule has 0 aromatic carbocycles. The molecule has 4 atom stereocenters. The SMILES string of the molecule is CC[C@@H]1CC([C@H](N)C(=O)O)C[C@H](CC)O1. The Morgan fingerprint density at radius 1 is 1.40 bits per heavy atom. The number of hydrogen-bond acceptors (Lipinski definition) is 3. The van der Waals surface area contributed by atoms with Gasteiger partial charge in [0.2, 0.25) is 0 Å². The van der Waals surface area contributed by atoms with Gasteiger partial charge in [-0.1, -0.05) is 13.8 Å². The van der Waals surface area contributed by atoms with Crippen LogP contribution in [-0.4, -0.2) is 29.3 Å². The predicted molar refractivity (Wildman–Crippen MR) is 57.6 cm³/mol. The molecular formula is C11H21NO3. The zero-order valence-corrected chi connectivity index (χ0v) is 9.48. The minimum absolute atomic E-state index is 0.0612. The van der Waals surface area contributed by atoms with Crippen LogP contribution in [0.5, 0.6) is 0 Å². The number of nitrogens with two attached hydrogens (primary N) is 1. The Labute approximate surface area is 90.8 Å². The first kappa shape index (κ1) is 12.5. The summed E-state index contributed by atoms with van der Waals surface area (Å²) in [6.07, 6.45) is 3.78. The van der Waals surface area contributed by atoms with Gasteiger partial charge in [-0.05, 0) is 31.6 Å². The normalized spacial score (nSPS) is 33.7. The molecule has 4 nitrogen and oxygen atoms in total. The van der Waals surface area contributed by atoms with Crippen LogP contribution in [-0.2, 0) is 9.53 Å². The highest BCUT2D eigenvalue weighted by molar-refractivity contribution is 5.73. The Hall–Kier alpha value is -0.610. The van der Waals surface area contributed by atoms with Crippen molar-refractivity contribution in [1.29, 1.82) is 0 Å². The average Bonchev–Trinajstić information content (AvgIpc) is 2.27. The lowest BCUT2D eigenvalue weighted by molar-refractivity contribution is -0.143. The highest BCUT2D eigenvalue weighted by Crippen LogP contribution is 2.29. The van der Waals surface area contributed by atoms with Crippen LogP contribution in [0.2, 0.25) is 0 Å². The monoisotopic (exact) mass is 215 g/mol. The van der Waals surface area contributed by atoms with Crippen LogP contribution in [0.1, 0.15) is 39.5 Å². The van der Waals surface area contributed by atoms with Crippen LogP contribution in [0.15, 0.2) is 0 Å². The summed E-state index contributed by atoms with van der Waals surface area (Å²) >= 11 is 0. The molecule has 0 radical (unpaired) electrons. The van der Waals surface area contributed by atoms with Crippen LogP contribution >= 0.6 is 0 Å². The number of carbonyl (C=O) groups is 1. The molecule has 0 spiro atoms. The van der Waals surface area contributed by atoms with E-state index in [9.17, 15) is 4.79 Å². The molecule has 1 saturated heterocycles. The van der Waals surface area contributed by atoms with E-state index in [0.717, 1.165) is 25.7 Å².